The molecule has 0 spiro atoms. The number of rotatable bonds is 1. The van der Waals surface area contributed by atoms with Crippen molar-refractivity contribution in [2.45, 2.75) is 12.8 Å². The fourth-order valence-electron chi connectivity index (χ4n) is 2.15. The van der Waals surface area contributed by atoms with Crippen LogP contribution in [0.3, 0.4) is 0 Å². The molecule has 0 unspecified atom stereocenters. The molecule has 0 aromatic carbocycles. The number of hydrogen-bond donors (Lipinski definition) is 0. The van der Waals surface area contributed by atoms with Gasteiger partial charge in [-0.1, -0.05) is 0 Å². The molecule has 0 atom stereocenters. The topological polar surface area (TPSA) is 37.6 Å². The molecule has 3 rings (SSSR count). The summed E-state index contributed by atoms with van der Waals surface area (Å²) >= 11 is 0. The number of hydrogen-bond acceptors (Lipinski definition) is 2. The van der Waals surface area contributed by atoms with Crippen LogP contribution >= 0.6 is 0 Å². The highest BCUT2D eigenvalue weighted by atomic mass is 19.1. The van der Waals surface area contributed by atoms with Crippen LogP contribution in [-0.4, -0.2) is 33.3 Å². The van der Waals surface area contributed by atoms with E-state index in [0.29, 0.717) is 11.3 Å². The Bertz CT molecular complexity index is 572. The predicted molar refractivity (Wildman–Crippen MR) is 60.3 cm³/mol. The number of imidazole rings is 1. The summed E-state index contributed by atoms with van der Waals surface area (Å²) in [5.41, 5.74) is 0.978. The largest absolute Gasteiger partial charge is 0.337 e. The molecular formula is C12H12FN3O. The van der Waals surface area contributed by atoms with E-state index < -0.39 is 0 Å². The molecule has 0 saturated carbocycles. The van der Waals surface area contributed by atoms with Gasteiger partial charge in [-0.2, -0.15) is 0 Å². The summed E-state index contributed by atoms with van der Waals surface area (Å²) in [5, 5.41) is 0. The van der Waals surface area contributed by atoms with Crippen molar-refractivity contribution < 1.29 is 9.18 Å². The fraction of sp³-hybridized carbons (Fsp3) is 0.333. The van der Waals surface area contributed by atoms with Gasteiger partial charge in [0.1, 0.15) is 17.2 Å². The van der Waals surface area contributed by atoms with Gasteiger partial charge in [-0.25, -0.2) is 9.37 Å². The zero-order valence-corrected chi connectivity index (χ0v) is 9.27. The van der Waals surface area contributed by atoms with Crippen LogP contribution in [0.5, 0.6) is 0 Å². The minimum absolute atomic E-state index is 0.0633. The SMILES string of the molecule is O=C(c1cn2cc(F)ccc2n1)N1CCCC1. The van der Waals surface area contributed by atoms with Crippen molar-refractivity contribution in [3.63, 3.8) is 0 Å². The van der Waals surface area contributed by atoms with E-state index in [1.165, 1.54) is 12.3 Å². The summed E-state index contributed by atoms with van der Waals surface area (Å²) in [5.74, 6) is -0.401. The van der Waals surface area contributed by atoms with Crippen LogP contribution in [0.4, 0.5) is 4.39 Å². The van der Waals surface area contributed by atoms with E-state index in [1.54, 1.807) is 21.6 Å². The number of carbonyl (C=O) groups excluding carboxylic acids is 1. The van der Waals surface area contributed by atoms with Crippen LogP contribution in [0.2, 0.25) is 0 Å². The van der Waals surface area contributed by atoms with Gasteiger partial charge in [0.15, 0.2) is 0 Å². The first-order valence-electron chi connectivity index (χ1n) is 5.67. The van der Waals surface area contributed by atoms with Gasteiger partial charge >= 0.3 is 0 Å². The Balaban J connectivity index is 1.97. The summed E-state index contributed by atoms with van der Waals surface area (Å²) in [6.07, 6.45) is 5.00. The van der Waals surface area contributed by atoms with Crippen LogP contribution in [0.15, 0.2) is 24.5 Å². The van der Waals surface area contributed by atoms with E-state index in [4.69, 9.17) is 0 Å². The lowest BCUT2D eigenvalue weighted by Crippen LogP contribution is -2.27. The summed E-state index contributed by atoms with van der Waals surface area (Å²) < 4.78 is 14.5. The average molecular weight is 233 g/mol. The first-order chi connectivity index (χ1) is 8.24. The molecule has 4 nitrogen and oxygen atoms in total. The van der Waals surface area contributed by atoms with Crippen molar-refractivity contribution in [1.29, 1.82) is 0 Å². The van der Waals surface area contributed by atoms with Gasteiger partial charge in [0.2, 0.25) is 0 Å². The second-order valence-corrected chi connectivity index (χ2v) is 4.24. The average Bonchev–Trinajstić information content (AvgIpc) is 2.96. The summed E-state index contributed by atoms with van der Waals surface area (Å²) in [6, 6.07) is 2.91. The molecule has 2 aromatic rings. The van der Waals surface area contributed by atoms with Crippen LogP contribution in [0.25, 0.3) is 5.65 Å². The minimum Gasteiger partial charge on any atom is -0.337 e. The fourth-order valence-corrected chi connectivity index (χ4v) is 2.15. The number of carbonyl (C=O) groups is 1. The van der Waals surface area contributed by atoms with Gasteiger partial charge in [0.05, 0.1) is 0 Å². The van der Waals surface area contributed by atoms with Gasteiger partial charge < -0.3 is 9.30 Å². The van der Waals surface area contributed by atoms with Crippen molar-refractivity contribution in [2.24, 2.45) is 0 Å². The Morgan fingerprint density at radius 1 is 1.24 bits per heavy atom. The van der Waals surface area contributed by atoms with E-state index in [9.17, 15) is 9.18 Å². The van der Waals surface area contributed by atoms with Crippen LogP contribution < -0.4 is 0 Å². The van der Waals surface area contributed by atoms with E-state index >= 15 is 0 Å². The zero-order chi connectivity index (χ0) is 11.8. The van der Waals surface area contributed by atoms with Crippen LogP contribution in [0, 0.1) is 5.82 Å². The molecular weight excluding hydrogens is 221 g/mol. The summed E-state index contributed by atoms with van der Waals surface area (Å²) in [6.45, 7) is 1.59. The molecule has 0 radical (unpaired) electrons. The van der Waals surface area contributed by atoms with Crippen LogP contribution in [0.1, 0.15) is 23.3 Å². The highest BCUT2D eigenvalue weighted by Gasteiger charge is 2.21. The zero-order valence-electron chi connectivity index (χ0n) is 9.27. The number of nitrogens with zero attached hydrogens (tertiary/aromatic N) is 3. The highest BCUT2D eigenvalue weighted by Crippen LogP contribution is 2.13. The van der Waals surface area contributed by atoms with Gasteiger partial charge in [0, 0.05) is 25.5 Å². The van der Waals surface area contributed by atoms with Crippen molar-refractivity contribution in [1.82, 2.24) is 14.3 Å². The van der Waals surface area contributed by atoms with E-state index in [0.717, 1.165) is 25.9 Å². The van der Waals surface area contributed by atoms with Crippen LogP contribution in [-0.2, 0) is 0 Å². The first-order valence-corrected chi connectivity index (χ1v) is 5.67. The number of fused-ring (bicyclic) bond motifs is 1. The Hall–Kier alpha value is -1.91. The molecule has 1 amide bonds. The van der Waals surface area contributed by atoms with Crippen molar-refractivity contribution in [3.8, 4) is 0 Å². The van der Waals surface area contributed by atoms with Crippen molar-refractivity contribution in [3.05, 3.63) is 36.0 Å². The maximum Gasteiger partial charge on any atom is 0.274 e. The standard InChI is InChI=1S/C12H12FN3O/c13-9-3-4-11-14-10(8-16(11)7-9)12(17)15-5-1-2-6-15/h3-4,7-8H,1-2,5-6H2. The lowest BCUT2D eigenvalue weighted by molar-refractivity contribution is 0.0787. The molecule has 0 bridgehead atoms. The van der Waals surface area contributed by atoms with Gasteiger partial charge in [-0.15, -0.1) is 0 Å². The number of halogens is 1. The molecule has 1 aliphatic heterocycles. The monoisotopic (exact) mass is 233 g/mol. The van der Waals surface area contributed by atoms with Crippen molar-refractivity contribution in [2.75, 3.05) is 13.1 Å². The molecule has 88 valence electrons. The lowest BCUT2D eigenvalue weighted by atomic mass is 10.4. The molecule has 3 heterocycles. The molecule has 17 heavy (non-hydrogen) atoms. The number of amides is 1. The van der Waals surface area contributed by atoms with Gasteiger partial charge in [-0.3, -0.25) is 4.79 Å². The third kappa shape index (κ3) is 1.77. The molecule has 0 N–H and O–H groups in total. The maximum absolute atomic E-state index is 13.0. The lowest BCUT2D eigenvalue weighted by Gasteiger charge is -2.12. The Morgan fingerprint density at radius 2 is 2.00 bits per heavy atom. The molecule has 1 saturated heterocycles. The molecule has 2 aromatic heterocycles. The van der Waals surface area contributed by atoms with E-state index in [2.05, 4.69) is 4.98 Å². The predicted octanol–water partition coefficient (Wildman–Crippen LogP) is 1.71. The third-order valence-electron chi connectivity index (χ3n) is 3.03. The maximum atomic E-state index is 13.0. The normalized spacial score (nSPS) is 15.7. The Kier molecular flexibility index (Phi) is 2.31. The second-order valence-electron chi connectivity index (χ2n) is 4.24. The van der Waals surface area contributed by atoms with Gasteiger partial charge in [0.25, 0.3) is 5.91 Å². The smallest absolute Gasteiger partial charge is 0.274 e. The Labute approximate surface area is 97.7 Å². The second kappa shape index (κ2) is 3.84. The quantitative estimate of drug-likeness (QED) is 0.752. The Morgan fingerprint density at radius 3 is 2.76 bits per heavy atom. The number of likely N-dealkylation sites (tertiary alicyclic amines) is 1. The van der Waals surface area contributed by atoms with E-state index in [1.807, 2.05) is 0 Å². The molecule has 0 aliphatic carbocycles. The first kappa shape index (κ1) is 10.3. The number of aromatic nitrogens is 2. The molecule has 1 aliphatic rings. The molecule has 5 heteroatoms. The van der Waals surface area contributed by atoms with E-state index in [-0.39, 0.29) is 11.7 Å². The summed E-state index contributed by atoms with van der Waals surface area (Å²) in [7, 11) is 0. The minimum atomic E-state index is -0.338. The number of pyridine rings is 1. The summed E-state index contributed by atoms with van der Waals surface area (Å²) in [4.78, 5) is 18.1. The third-order valence-corrected chi connectivity index (χ3v) is 3.03. The highest BCUT2D eigenvalue weighted by molar-refractivity contribution is 5.93. The van der Waals surface area contributed by atoms with Gasteiger partial charge in [-0.05, 0) is 25.0 Å². The molecule has 1 fully saturated rings. The van der Waals surface area contributed by atoms with Crippen molar-refractivity contribution >= 4 is 11.6 Å².